The van der Waals surface area contributed by atoms with Crippen LogP contribution in [-0.2, 0) is 35.4 Å². The summed E-state index contributed by atoms with van der Waals surface area (Å²) >= 11 is 0. The van der Waals surface area contributed by atoms with Gasteiger partial charge in [0.15, 0.2) is 0 Å². The van der Waals surface area contributed by atoms with Gasteiger partial charge < -0.3 is 29.4 Å². The first-order valence-electron chi connectivity index (χ1n) is 9.28. The molecule has 0 radical (unpaired) electrons. The van der Waals surface area contributed by atoms with E-state index in [0.29, 0.717) is 11.1 Å². The van der Waals surface area contributed by atoms with Gasteiger partial charge in [-0.2, -0.15) is 0 Å². The van der Waals surface area contributed by atoms with Crippen LogP contribution in [0.2, 0.25) is 0 Å². The number of hydrogen-bond donors (Lipinski definition) is 0. The van der Waals surface area contributed by atoms with Crippen LogP contribution in [0.15, 0.2) is 60.7 Å². The second-order valence-corrected chi connectivity index (χ2v) is 5.55. The number of Topliss-reactive ketones (excluding diaryl/α,β-unsaturated/α-hetero) is 4. The van der Waals surface area contributed by atoms with Gasteiger partial charge in [-0.15, -0.1) is 61.4 Å². The zero-order valence-corrected chi connectivity index (χ0v) is 21.9. The molecule has 7 heteroatoms. The zero-order valence-electron chi connectivity index (χ0n) is 18.3. The Hall–Kier alpha value is -2.35. The smallest absolute Gasteiger partial charge is 0.855 e. The number of hydrogen-bond acceptors (Lipinski definition) is 6. The monoisotopic (exact) mass is 592 g/mol. The van der Waals surface area contributed by atoms with Crippen molar-refractivity contribution in [1.82, 2.24) is 0 Å². The van der Waals surface area contributed by atoms with Crippen molar-refractivity contribution in [2.24, 2.45) is 0 Å². The van der Waals surface area contributed by atoms with Gasteiger partial charge in [-0.05, 0) is 13.8 Å². The Kier molecular flexibility index (Phi) is 24.0. The van der Waals surface area contributed by atoms with E-state index in [-0.39, 0.29) is 62.2 Å². The molecule has 2 aromatic carbocycles. The van der Waals surface area contributed by atoms with Crippen LogP contribution in [0.4, 0.5) is 0 Å². The second-order valence-electron chi connectivity index (χ2n) is 5.55. The Labute approximate surface area is 203 Å². The number of carbonyl (C=O) groups is 4. The number of carbonyl (C=O) groups excluding carboxylic acids is 4. The molecule has 0 aliphatic heterocycles. The molecule has 31 heavy (non-hydrogen) atoms. The zero-order chi connectivity index (χ0) is 23.4. The van der Waals surface area contributed by atoms with Gasteiger partial charge in [0.05, 0.1) is 11.6 Å². The molecule has 0 saturated heterocycles. The molecule has 0 heterocycles. The van der Waals surface area contributed by atoms with Crippen LogP contribution in [0, 0.1) is 12.8 Å². The quantitative estimate of drug-likeness (QED) is 0.220. The Balaban J connectivity index is -0.000000394. The van der Waals surface area contributed by atoms with Crippen molar-refractivity contribution in [3.63, 3.8) is 0 Å². The molecule has 0 spiro atoms. The van der Waals surface area contributed by atoms with Gasteiger partial charge in [0, 0.05) is 11.6 Å². The summed E-state index contributed by atoms with van der Waals surface area (Å²) in [7, 11) is 0. The van der Waals surface area contributed by atoms with Crippen molar-refractivity contribution >= 4 is 23.1 Å². The van der Waals surface area contributed by atoms with Crippen LogP contribution in [-0.4, -0.2) is 36.3 Å². The van der Waals surface area contributed by atoms with E-state index < -0.39 is 0 Å². The third kappa shape index (κ3) is 20.7. The molecule has 0 aliphatic rings. The average Bonchev–Trinajstić information content (AvgIpc) is 2.70. The maximum atomic E-state index is 11.2. The summed E-state index contributed by atoms with van der Waals surface area (Å²) < 4.78 is 0. The molecule has 0 aliphatic carbocycles. The van der Waals surface area contributed by atoms with Crippen molar-refractivity contribution in [1.29, 1.82) is 0 Å². The Morgan fingerprint density at radius 1 is 0.645 bits per heavy atom. The van der Waals surface area contributed by atoms with Gasteiger partial charge in [-0.25, -0.2) is 0 Å². The summed E-state index contributed by atoms with van der Waals surface area (Å²) in [6, 6.07) is 17.4. The van der Waals surface area contributed by atoms with E-state index in [4.69, 9.17) is 10.2 Å². The minimum Gasteiger partial charge on any atom is -0.855 e. The van der Waals surface area contributed by atoms with E-state index in [9.17, 15) is 19.2 Å². The van der Waals surface area contributed by atoms with Crippen LogP contribution in [0.25, 0.3) is 0 Å². The molecule has 0 fully saturated rings. The van der Waals surface area contributed by atoms with Crippen LogP contribution < -0.4 is 10.2 Å². The topological polar surface area (TPSA) is 114 Å². The third-order valence-electron chi connectivity index (χ3n) is 2.79. The van der Waals surface area contributed by atoms with Crippen LogP contribution in [0.3, 0.4) is 0 Å². The Morgan fingerprint density at radius 2 is 0.871 bits per heavy atom. The summed E-state index contributed by atoms with van der Waals surface area (Å²) in [6.07, 6.45) is 2.19. The SMILES string of the molecule is CC(=O)[CH-]C(=O)c1ccccc1.CC(=O)[CH-]C(=O)c1ccccc1.CC[O-].CC[O-].[Hf+4]. The van der Waals surface area contributed by atoms with E-state index in [2.05, 4.69) is 0 Å². The summed E-state index contributed by atoms with van der Waals surface area (Å²) in [5.74, 6) is -0.904. The minimum atomic E-state index is -0.233. The summed E-state index contributed by atoms with van der Waals surface area (Å²) in [4.78, 5) is 43.5. The predicted molar refractivity (Wildman–Crippen MR) is 113 cm³/mol. The largest absolute Gasteiger partial charge is 4.00 e. The average molecular weight is 591 g/mol. The number of ketones is 4. The maximum Gasteiger partial charge on any atom is 4.00 e. The summed E-state index contributed by atoms with van der Waals surface area (Å²) in [5, 5.41) is 17.9. The molecular weight excluding hydrogens is 563 g/mol. The maximum absolute atomic E-state index is 11.2. The molecule has 2 rings (SSSR count). The third-order valence-corrected chi connectivity index (χ3v) is 2.79. The van der Waals surface area contributed by atoms with Gasteiger partial charge in [0.2, 0.25) is 0 Å². The van der Waals surface area contributed by atoms with E-state index >= 15 is 0 Å². The Bertz CT molecular complexity index is 680. The van der Waals surface area contributed by atoms with Crippen molar-refractivity contribution in [3.8, 4) is 0 Å². The van der Waals surface area contributed by atoms with Gasteiger partial charge >= 0.3 is 25.8 Å². The summed E-state index contributed by atoms with van der Waals surface area (Å²) in [5.41, 5.74) is 1.10. The van der Waals surface area contributed by atoms with E-state index in [1.807, 2.05) is 12.1 Å². The molecule has 0 N–H and O–H groups in total. The molecule has 0 unspecified atom stereocenters. The van der Waals surface area contributed by atoms with Gasteiger partial charge in [0.1, 0.15) is 0 Å². The molecule has 0 amide bonds. The number of benzene rings is 2. The molecule has 2 aromatic rings. The molecule has 0 saturated carbocycles. The van der Waals surface area contributed by atoms with Crippen molar-refractivity contribution in [2.45, 2.75) is 27.7 Å². The summed E-state index contributed by atoms with van der Waals surface area (Å²) in [6.45, 7) is 5.86. The van der Waals surface area contributed by atoms with E-state index in [1.54, 1.807) is 62.4 Å². The molecular formula is C24H28HfO6. The van der Waals surface area contributed by atoms with E-state index in [1.165, 1.54) is 13.8 Å². The van der Waals surface area contributed by atoms with Gasteiger partial charge in [0.25, 0.3) is 0 Å². The molecule has 0 aromatic heterocycles. The first-order chi connectivity index (χ1) is 14.2. The number of rotatable bonds is 6. The predicted octanol–water partition coefficient (Wildman–Crippen LogP) is 2.06. The fraction of sp³-hybridized carbons (Fsp3) is 0.250. The normalized spacial score (nSPS) is 8.19. The fourth-order valence-corrected chi connectivity index (χ4v) is 1.74. The van der Waals surface area contributed by atoms with Crippen molar-refractivity contribution in [2.75, 3.05) is 13.2 Å². The van der Waals surface area contributed by atoms with Gasteiger partial charge in [-0.3, -0.25) is 0 Å². The van der Waals surface area contributed by atoms with Gasteiger partial charge in [-0.1, -0.05) is 50.2 Å². The van der Waals surface area contributed by atoms with Crippen molar-refractivity contribution < 1.29 is 55.2 Å². The first-order valence-corrected chi connectivity index (χ1v) is 9.28. The Morgan fingerprint density at radius 3 is 1.06 bits per heavy atom. The molecule has 6 nitrogen and oxygen atoms in total. The van der Waals surface area contributed by atoms with Crippen LogP contribution >= 0.6 is 0 Å². The molecule has 0 bridgehead atoms. The first kappa shape index (κ1) is 33.3. The van der Waals surface area contributed by atoms with Crippen molar-refractivity contribution in [3.05, 3.63) is 84.6 Å². The second kappa shape index (κ2) is 22.3. The van der Waals surface area contributed by atoms with Crippen LogP contribution in [0.1, 0.15) is 48.4 Å². The van der Waals surface area contributed by atoms with E-state index in [0.717, 1.165) is 12.8 Å². The standard InChI is InChI=1S/2C10H9O2.2C2H5O.Hf/c2*1-8(11)7-10(12)9-5-3-2-4-6-9;2*1-2-3;/h2*2-7H,1H3;2*2H2,1H3;/q4*-1;+4. The fourth-order valence-electron chi connectivity index (χ4n) is 1.74. The molecule has 0 atom stereocenters. The minimum absolute atomic E-state index is 0. The molecule has 164 valence electrons. The van der Waals surface area contributed by atoms with Crippen LogP contribution in [0.5, 0.6) is 0 Å².